The van der Waals surface area contributed by atoms with Crippen LogP contribution in [0.2, 0.25) is 0 Å². The molecule has 0 aliphatic carbocycles. The van der Waals surface area contributed by atoms with Crippen LogP contribution in [0.25, 0.3) is 0 Å². The molecule has 4 atom stereocenters. The molecule has 0 bridgehead atoms. The van der Waals surface area contributed by atoms with E-state index in [1.54, 1.807) is 0 Å². The van der Waals surface area contributed by atoms with Gasteiger partial charge in [0.1, 0.15) is 11.5 Å². The maximum absolute atomic E-state index is 11.9. The van der Waals surface area contributed by atoms with Gasteiger partial charge in [-0.3, -0.25) is 14.5 Å². The molecule has 2 aromatic carbocycles. The van der Waals surface area contributed by atoms with Crippen molar-refractivity contribution in [3.63, 3.8) is 0 Å². The van der Waals surface area contributed by atoms with Crippen molar-refractivity contribution in [2.45, 2.75) is 108 Å². The summed E-state index contributed by atoms with van der Waals surface area (Å²) >= 11 is 0. The van der Waals surface area contributed by atoms with Gasteiger partial charge in [-0.15, -0.1) is 0 Å². The highest BCUT2D eigenvalue weighted by atomic mass is 16.5. The minimum absolute atomic E-state index is 0.00663. The summed E-state index contributed by atoms with van der Waals surface area (Å²) in [6.45, 7) is 15.6. The van der Waals surface area contributed by atoms with E-state index in [4.69, 9.17) is 9.05 Å². The fourth-order valence-corrected chi connectivity index (χ4v) is 7.35. The van der Waals surface area contributed by atoms with Crippen LogP contribution in [0.3, 0.4) is 0 Å². The number of hydrogen-bond donors (Lipinski definition) is 4. The Bertz CT molecular complexity index is 1960. The van der Waals surface area contributed by atoms with Gasteiger partial charge in [-0.2, -0.15) is 10.3 Å². The van der Waals surface area contributed by atoms with Crippen molar-refractivity contribution in [2.24, 2.45) is 0 Å². The fraction of sp³-hybridized carbons (Fsp3) is 0.487. The molecule has 6 rings (SSSR count). The van der Waals surface area contributed by atoms with Gasteiger partial charge in [0.15, 0.2) is 0 Å². The smallest absolute Gasteiger partial charge is 0.408 e. The summed E-state index contributed by atoms with van der Waals surface area (Å²) in [5, 5.41) is 24.0. The van der Waals surface area contributed by atoms with Gasteiger partial charge in [0.2, 0.25) is 0 Å². The lowest BCUT2D eigenvalue weighted by atomic mass is 9.74. The number of piperidine rings is 2. The van der Waals surface area contributed by atoms with E-state index in [0.717, 1.165) is 16.7 Å². The van der Waals surface area contributed by atoms with Crippen LogP contribution in [0.5, 0.6) is 0 Å². The Morgan fingerprint density at radius 3 is 1.84 bits per heavy atom. The summed E-state index contributed by atoms with van der Waals surface area (Å²) in [4.78, 5) is 49.4. The molecule has 51 heavy (non-hydrogen) atoms. The second-order valence-corrected chi connectivity index (χ2v) is 16.0. The Labute approximate surface area is 297 Å². The van der Waals surface area contributed by atoms with Crippen molar-refractivity contribution in [2.75, 3.05) is 13.1 Å². The quantitative estimate of drug-likeness (QED) is 0.166. The lowest BCUT2D eigenvalue weighted by Gasteiger charge is -2.46. The van der Waals surface area contributed by atoms with Crippen molar-refractivity contribution < 1.29 is 28.8 Å². The van der Waals surface area contributed by atoms with Crippen LogP contribution in [0.1, 0.15) is 126 Å². The van der Waals surface area contributed by atoms with Crippen molar-refractivity contribution in [1.82, 2.24) is 20.1 Å². The van der Waals surface area contributed by atoms with Crippen LogP contribution in [0.15, 0.2) is 79.3 Å². The molecule has 4 aromatic rings. The highest BCUT2D eigenvalue weighted by Crippen LogP contribution is 2.45. The van der Waals surface area contributed by atoms with Crippen LogP contribution in [0, 0.1) is 0 Å². The van der Waals surface area contributed by atoms with Gasteiger partial charge in [-0.25, -0.2) is 9.59 Å². The number of carbonyl (C=O) groups is 2. The van der Waals surface area contributed by atoms with E-state index in [2.05, 4.69) is 76.1 Å². The highest BCUT2D eigenvalue weighted by molar-refractivity contribution is 5.67. The van der Waals surface area contributed by atoms with Crippen molar-refractivity contribution >= 4 is 12.2 Å². The molecule has 2 saturated heterocycles. The predicted octanol–water partition coefficient (Wildman–Crippen LogP) is 7.90. The van der Waals surface area contributed by atoms with E-state index in [0.29, 0.717) is 50.3 Å². The van der Waals surface area contributed by atoms with Crippen molar-refractivity contribution in [1.29, 1.82) is 0 Å². The van der Waals surface area contributed by atoms with Gasteiger partial charge in [-0.1, -0.05) is 90.1 Å². The van der Waals surface area contributed by atoms with E-state index in [1.807, 2.05) is 31.2 Å². The second-order valence-electron chi connectivity index (χ2n) is 16.0. The third-order valence-corrected chi connectivity index (χ3v) is 10.4. The standard InChI is InChI=1S/C20H26N2O4.C19H24N2O4/c1-19(2,3)14-6-5-7-15(10-14)20(4)12-13(8-9-22(20)18(24)25)16-11-17(23)21-26-16;1-19(2,3)14-6-4-5-12(9-14)15-10-13(7-8-21(15)18(23)24)16-11-17(22)20-25-16/h5-7,10-11,13H,8-9,12H2,1-4H3,(H,21,23)(H,24,25);4-6,9,11,13,15H,7-8,10H2,1-3H3,(H,20,22)(H,23,24)/t13-,20+;/m1./s1. The molecular weight excluding hydrogens is 652 g/mol. The van der Waals surface area contributed by atoms with Crippen molar-refractivity contribution in [3.05, 3.63) is 115 Å². The molecular formula is C39H50N4O8. The first-order valence-corrected chi connectivity index (χ1v) is 17.4. The number of hydrogen-bond acceptors (Lipinski definition) is 6. The fourth-order valence-electron chi connectivity index (χ4n) is 7.35. The third kappa shape index (κ3) is 8.32. The first-order chi connectivity index (χ1) is 23.9. The molecule has 4 heterocycles. The summed E-state index contributed by atoms with van der Waals surface area (Å²) in [5.41, 5.74) is 3.04. The summed E-state index contributed by atoms with van der Waals surface area (Å²) in [5.74, 6) is 1.22. The van der Waals surface area contributed by atoms with E-state index in [9.17, 15) is 29.4 Å². The summed E-state index contributed by atoms with van der Waals surface area (Å²) < 4.78 is 10.6. The molecule has 0 saturated carbocycles. The summed E-state index contributed by atoms with van der Waals surface area (Å²) in [7, 11) is 0. The molecule has 2 amide bonds. The van der Waals surface area contributed by atoms with Crippen LogP contribution in [0.4, 0.5) is 9.59 Å². The normalized spacial score (nSPS) is 22.6. The van der Waals surface area contributed by atoms with Crippen LogP contribution >= 0.6 is 0 Å². The van der Waals surface area contributed by atoms with Crippen LogP contribution < -0.4 is 11.1 Å². The zero-order valence-corrected chi connectivity index (χ0v) is 30.5. The number of benzene rings is 2. The third-order valence-electron chi connectivity index (χ3n) is 10.4. The number of amides is 2. The van der Waals surface area contributed by atoms with Gasteiger partial charge in [0, 0.05) is 37.1 Å². The molecule has 0 radical (unpaired) electrons. The molecule has 12 nitrogen and oxygen atoms in total. The molecule has 274 valence electrons. The van der Waals surface area contributed by atoms with Gasteiger partial charge in [-0.05, 0) is 65.7 Å². The van der Waals surface area contributed by atoms with Gasteiger partial charge in [0.25, 0.3) is 11.1 Å². The molecule has 2 unspecified atom stereocenters. The zero-order valence-electron chi connectivity index (χ0n) is 30.5. The van der Waals surface area contributed by atoms with Crippen molar-refractivity contribution in [3.8, 4) is 0 Å². The molecule has 2 fully saturated rings. The molecule has 12 heteroatoms. The number of likely N-dealkylation sites (tertiary alicyclic amines) is 2. The number of carboxylic acid groups (broad SMARTS) is 2. The number of nitrogens with zero attached hydrogens (tertiary/aromatic N) is 2. The number of rotatable bonds is 4. The van der Waals surface area contributed by atoms with E-state index in [1.165, 1.54) is 27.5 Å². The Kier molecular flexibility index (Phi) is 10.5. The number of H-pyrrole nitrogens is 2. The maximum atomic E-state index is 11.9. The second kappa shape index (κ2) is 14.3. The van der Waals surface area contributed by atoms with E-state index in [-0.39, 0.29) is 39.8 Å². The van der Waals surface area contributed by atoms with E-state index >= 15 is 0 Å². The summed E-state index contributed by atoms with van der Waals surface area (Å²) in [6, 6.07) is 18.9. The molecule has 0 spiro atoms. The molecule has 4 N–H and O–H groups in total. The topological polar surface area (TPSA) is 173 Å². The maximum Gasteiger partial charge on any atom is 0.408 e. The monoisotopic (exact) mass is 702 g/mol. The molecule has 2 aromatic heterocycles. The summed E-state index contributed by atoms with van der Waals surface area (Å²) in [6.07, 6.45) is 0.584. The number of aromatic amines is 2. The van der Waals surface area contributed by atoms with E-state index < -0.39 is 17.7 Å². The van der Waals surface area contributed by atoms with Crippen LogP contribution in [-0.4, -0.2) is 55.6 Å². The largest absolute Gasteiger partial charge is 0.465 e. The minimum Gasteiger partial charge on any atom is -0.465 e. The Morgan fingerprint density at radius 2 is 1.31 bits per heavy atom. The lowest BCUT2D eigenvalue weighted by Crippen LogP contribution is -2.51. The Balaban J connectivity index is 0.000000198. The minimum atomic E-state index is -0.928. The highest BCUT2D eigenvalue weighted by Gasteiger charge is 2.44. The Morgan fingerprint density at radius 1 is 0.765 bits per heavy atom. The average molecular weight is 703 g/mol. The van der Waals surface area contributed by atoms with Gasteiger partial charge >= 0.3 is 12.2 Å². The predicted molar refractivity (Wildman–Crippen MR) is 192 cm³/mol. The number of nitrogens with one attached hydrogen (secondary N) is 2. The Hall–Kier alpha value is -5.00. The van der Waals surface area contributed by atoms with Gasteiger partial charge in [0.05, 0.1) is 11.6 Å². The number of aromatic nitrogens is 2. The van der Waals surface area contributed by atoms with Gasteiger partial charge < -0.3 is 24.2 Å². The molecule has 2 aliphatic heterocycles. The average Bonchev–Trinajstić information content (AvgIpc) is 3.72. The molecule has 2 aliphatic rings. The zero-order chi connectivity index (χ0) is 37.3. The lowest BCUT2D eigenvalue weighted by molar-refractivity contribution is 0.0439. The SMILES string of the molecule is CC(C)(C)c1cccc(C2CC(c3cc(=O)[nH]o3)CCN2C(=O)O)c1.CC(C)(C)c1cccc([C@]2(C)C[C@H](c3cc(=O)[nH]o3)CCN2C(=O)O)c1. The first kappa shape index (κ1) is 37.3. The van der Waals surface area contributed by atoms with Crippen LogP contribution in [-0.2, 0) is 16.4 Å². The first-order valence-electron chi connectivity index (χ1n) is 17.4.